The summed E-state index contributed by atoms with van der Waals surface area (Å²) in [4.78, 5) is 11.8. The van der Waals surface area contributed by atoms with Crippen molar-refractivity contribution in [1.82, 2.24) is 5.32 Å². The summed E-state index contributed by atoms with van der Waals surface area (Å²) in [6.45, 7) is 1.35. The van der Waals surface area contributed by atoms with E-state index in [2.05, 4.69) is 17.4 Å². The molecule has 130 valence electrons. The fourth-order valence-corrected chi connectivity index (χ4v) is 3.10. The van der Waals surface area contributed by atoms with Gasteiger partial charge in [0.1, 0.15) is 0 Å². The number of hydrogen-bond donors (Lipinski definition) is 3. The first-order valence-electron chi connectivity index (χ1n) is 8.59. The monoisotopic (exact) mass is 329 g/mol. The molecule has 24 heavy (non-hydrogen) atoms. The Bertz CT molecular complexity index is 557. The number of carbonyl (C=O) groups is 1. The van der Waals surface area contributed by atoms with Crippen LogP contribution in [0.1, 0.15) is 31.2 Å². The molecule has 2 rings (SSSR count). The lowest BCUT2D eigenvalue weighted by molar-refractivity contribution is -0.117. The van der Waals surface area contributed by atoms with Crippen LogP contribution >= 0.6 is 0 Å². The van der Waals surface area contributed by atoms with E-state index in [1.54, 1.807) is 0 Å². The lowest BCUT2D eigenvalue weighted by Gasteiger charge is -2.29. The molecule has 4 N–H and O–H groups in total. The Balaban J connectivity index is 1.69. The molecular formula is C19H27N3O2. The summed E-state index contributed by atoms with van der Waals surface area (Å²) in [5, 5.41) is 10.0. The van der Waals surface area contributed by atoms with Gasteiger partial charge in [-0.05, 0) is 37.2 Å². The van der Waals surface area contributed by atoms with E-state index in [9.17, 15) is 4.79 Å². The van der Waals surface area contributed by atoms with E-state index in [1.165, 1.54) is 11.8 Å². The van der Waals surface area contributed by atoms with Gasteiger partial charge in [0.15, 0.2) is 0 Å². The Labute approximate surface area is 143 Å². The van der Waals surface area contributed by atoms with Crippen molar-refractivity contribution in [3.63, 3.8) is 0 Å². The molecule has 0 saturated heterocycles. The summed E-state index contributed by atoms with van der Waals surface area (Å²) in [6, 6.07) is 10.4. The Morgan fingerprint density at radius 3 is 2.83 bits per heavy atom. The van der Waals surface area contributed by atoms with Gasteiger partial charge in [-0.3, -0.25) is 4.79 Å². The summed E-state index contributed by atoms with van der Waals surface area (Å²) in [5.41, 5.74) is 6.82. The van der Waals surface area contributed by atoms with E-state index < -0.39 is 0 Å². The molecule has 1 saturated carbocycles. The predicted octanol–water partition coefficient (Wildman–Crippen LogP) is 2.41. The number of benzene rings is 1. The van der Waals surface area contributed by atoms with Gasteiger partial charge in [-0.1, -0.05) is 36.8 Å². The third-order valence-corrected chi connectivity index (χ3v) is 4.47. The van der Waals surface area contributed by atoms with E-state index in [0.717, 1.165) is 44.9 Å². The van der Waals surface area contributed by atoms with Crippen molar-refractivity contribution in [2.75, 3.05) is 13.2 Å². The van der Waals surface area contributed by atoms with Crippen molar-refractivity contribution in [3.05, 3.63) is 47.7 Å². The fourth-order valence-electron chi connectivity index (χ4n) is 3.10. The second-order valence-electron chi connectivity index (χ2n) is 6.24. The van der Waals surface area contributed by atoms with Gasteiger partial charge >= 0.3 is 0 Å². The maximum Gasteiger partial charge on any atom is 0.254 e. The highest BCUT2D eigenvalue weighted by atomic mass is 16.5. The number of carbonyl (C=O) groups excluding carboxylic acids is 1. The normalized spacial score (nSPS) is 21.2. The zero-order chi connectivity index (χ0) is 17.2. The van der Waals surface area contributed by atoms with Gasteiger partial charge in [0.05, 0.1) is 18.3 Å². The molecule has 2 unspecified atom stereocenters. The maximum atomic E-state index is 11.8. The van der Waals surface area contributed by atoms with Gasteiger partial charge in [0.2, 0.25) is 0 Å². The molecular weight excluding hydrogens is 302 g/mol. The molecule has 1 fully saturated rings. The van der Waals surface area contributed by atoms with E-state index in [-0.39, 0.29) is 17.6 Å². The lowest BCUT2D eigenvalue weighted by atomic mass is 9.87. The summed E-state index contributed by atoms with van der Waals surface area (Å²) in [7, 11) is 0. The minimum absolute atomic E-state index is 0.196. The fraction of sp³-hybridized carbons (Fsp3) is 0.474. The number of rotatable bonds is 8. The van der Waals surface area contributed by atoms with Gasteiger partial charge in [-0.2, -0.15) is 0 Å². The van der Waals surface area contributed by atoms with Crippen LogP contribution in [0.25, 0.3) is 0 Å². The Kier molecular flexibility index (Phi) is 7.49. The number of ether oxygens (including phenoxy) is 1. The summed E-state index contributed by atoms with van der Waals surface area (Å²) >= 11 is 0. The first-order chi connectivity index (χ1) is 11.7. The van der Waals surface area contributed by atoms with Gasteiger partial charge in [-0.15, -0.1) is 0 Å². The number of nitrogens with one attached hydrogen (secondary N) is 2. The van der Waals surface area contributed by atoms with Crippen LogP contribution in [-0.2, 0) is 16.0 Å². The summed E-state index contributed by atoms with van der Waals surface area (Å²) in [6.07, 6.45) is 7.64. The Morgan fingerprint density at radius 1 is 1.33 bits per heavy atom. The molecule has 0 aliphatic heterocycles. The first-order valence-corrected chi connectivity index (χ1v) is 8.59. The second-order valence-corrected chi connectivity index (χ2v) is 6.24. The van der Waals surface area contributed by atoms with Crippen LogP contribution in [0, 0.1) is 11.3 Å². The van der Waals surface area contributed by atoms with Crippen LogP contribution in [0.4, 0.5) is 0 Å². The van der Waals surface area contributed by atoms with Crippen LogP contribution in [-0.4, -0.2) is 31.4 Å². The molecule has 0 aromatic heterocycles. The SMILES string of the molecule is N=CC(=CN)C(=O)NCC1CCCC(OCCc2ccccc2)C1. The largest absolute Gasteiger partial charge is 0.404 e. The average Bonchev–Trinajstić information content (AvgIpc) is 2.62. The van der Waals surface area contributed by atoms with Crippen LogP contribution in [0.5, 0.6) is 0 Å². The molecule has 0 spiro atoms. The van der Waals surface area contributed by atoms with Crippen molar-refractivity contribution in [1.29, 1.82) is 5.41 Å². The molecule has 0 bridgehead atoms. The number of hydrogen-bond acceptors (Lipinski definition) is 4. The quantitative estimate of drug-likeness (QED) is 0.505. The van der Waals surface area contributed by atoms with Gasteiger partial charge in [-0.25, -0.2) is 0 Å². The summed E-state index contributed by atoms with van der Waals surface area (Å²) < 4.78 is 6.03. The van der Waals surface area contributed by atoms with Crippen LogP contribution in [0.2, 0.25) is 0 Å². The molecule has 0 radical (unpaired) electrons. The predicted molar refractivity (Wildman–Crippen MR) is 95.9 cm³/mol. The molecule has 1 aliphatic carbocycles. The number of nitrogens with two attached hydrogens (primary N) is 1. The van der Waals surface area contributed by atoms with E-state index in [0.29, 0.717) is 12.5 Å². The topological polar surface area (TPSA) is 88.2 Å². The minimum atomic E-state index is -0.278. The van der Waals surface area contributed by atoms with E-state index in [1.807, 2.05) is 18.2 Å². The van der Waals surface area contributed by atoms with Crippen molar-refractivity contribution >= 4 is 12.1 Å². The minimum Gasteiger partial charge on any atom is -0.404 e. The highest BCUT2D eigenvalue weighted by molar-refractivity contribution is 6.11. The average molecular weight is 329 g/mol. The van der Waals surface area contributed by atoms with E-state index >= 15 is 0 Å². The molecule has 1 aromatic carbocycles. The smallest absolute Gasteiger partial charge is 0.254 e. The molecule has 5 heteroatoms. The summed E-state index contributed by atoms with van der Waals surface area (Å²) in [5.74, 6) is 0.147. The molecule has 0 heterocycles. The number of amides is 1. The third kappa shape index (κ3) is 5.81. The first kappa shape index (κ1) is 18.2. The van der Waals surface area contributed by atoms with Gasteiger partial charge < -0.3 is 21.2 Å². The van der Waals surface area contributed by atoms with E-state index in [4.69, 9.17) is 15.9 Å². The Hall–Kier alpha value is -2.14. The van der Waals surface area contributed by atoms with Gasteiger partial charge in [0, 0.05) is 19.0 Å². The molecule has 2 atom stereocenters. The van der Waals surface area contributed by atoms with Crippen LogP contribution in [0.15, 0.2) is 42.1 Å². The third-order valence-electron chi connectivity index (χ3n) is 4.47. The lowest BCUT2D eigenvalue weighted by Crippen LogP contribution is -2.35. The highest BCUT2D eigenvalue weighted by Crippen LogP contribution is 2.26. The Morgan fingerprint density at radius 2 is 2.12 bits per heavy atom. The standard InChI is InChI=1S/C19H27N3O2/c20-12-17(13-21)19(23)22-14-16-7-4-8-18(11-16)24-10-9-15-5-2-1-3-6-15/h1-3,5-6,12-13,16,18,20H,4,7-11,14,21H2,(H,22,23). The van der Waals surface area contributed by atoms with Crippen molar-refractivity contribution in [2.24, 2.45) is 11.7 Å². The molecule has 1 amide bonds. The van der Waals surface area contributed by atoms with Crippen molar-refractivity contribution in [2.45, 2.75) is 38.2 Å². The molecule has 1 aliphatic rings. The van der Waals surface area contributed by atoms with Crippen LogP contribution in [0.3, 0.4) is 0 Å². The molecule has 5 nitrogen and oxygen atoms in total. The van der Waals surface area contributed by atoms with Crippen molar-refractivity contribution < 1.29 is 9.53 Å². The maximum absolute atomic E-state index is 11.8. The van der Waals surface area contributed by atoms with Gasteiger partial charge in [0.25, 0.3) is 5.91 Å². The van der Waals surface area contributed by atoms with Crippen LogP contribution < -0.4 is 11.1 Å². The second kappa shape index (κ2) is 9.88. The van der Waals surface area contributed by atoms with Crippen molar-refractivity contribution in [3.8, 4) is 0 Å². The zero-order valence-corrected chi connectivity index (χ0v) is 14.0. The zero-order valence-electron chi connectivity index (χ0n) is 14.0. The molecule has 1 aromatic rings. The highest BCUT2D eigenvalue weighted by Gasteiger charge is 2.23.